The zero-order valence-electron chi connectivity index (χ0n) is 11.0. The molecule has 1 aromatic carbocycles. The van der Waals surface area contributed by atoms with Crippen molar-refractivity contribution >= 4 is 23.4 Å². The molecule has 2 amide bonds. The molecule has 20 heavy (non-hydrogen) atoms. The van der Waals surface area contributed by atoms with Gasteiger partial charge in [-0.05, 0) is 24.6 Å². The van der Waals surface area contributed by atoms with Crippen LogP contribution in [-0.4, -0.2) is 29.9 Å². The summed E-state index contributed by atoms with van der Waals surface area (Å²) in [5.41, 5.74) is 11.8. The molecule has 0 spiro atoms. The molecule has 2 rings (SSSR count). The Labute approximate surface area is 122 Å². The summed E-state index contributed by atoms with van der Waals surface area (Å²) in [6.45, 7) is 1.86. The van der Waals surface area contributed by atoms with Crippen molar-refractivity contribution in [2.24, 2.45) is 5.73 Å². The van der Waals surface area contributed by atoms with Gasteiger partial charge in [0.2, 0.25) is 11.8 Å². The van der Waals surface area contributed by atoms with Gasteiger partial charge in [0, 0.05) is 11.1 Å². The molecule has 1 heterocycles. The highest BCUT2D eigenvalue weighted by Gasteiger charge is 2.37. The minimum atomic E-state index is -0.617. The van der Waals surface area contributed by atoms with Crippen LogP contribution in [0.15, 0.2) is 24.3 Å². The van der Waals surface area contributed by atoms with E-state index < -0.39 is 11.9 Å². The second-order valence-electron chi connectivity index (χ2n) is 4.86. The number of carbonyl (C=O) groups excluding carboxylic acids is 2. The standard InChI is InChI=1S/C13H17ClN4O2/c1-7-11(12(13(15)20)18-17-7)16-10(19)6-8-3-2-4-9(14)5-8/h2-5,7,11-12,17-18H,6H2,1H3,(H2,15,20)(H,16,19). The Kier molecular flexibility index (Phi) is 4.59. The van der Waals surface area contributed by atoms with Gasteiger partial charge >= 0.3 is 0 Å². The van der Waals surface area contributed by atoms with Crippen LogP contribution in [0.5, 0.6) is 0 Å². The van der Waals surface area contributed by atoms with Crippen molar-refractivity contribution < 1.29 is 9.59 Å². The minimum absolute atomic E-state index is 0.0872. The van der Waals surface area contributed by atoms with Crippen molar-refractivity contribution in [1.29, 1.82) is 0 Å². The highest BCUT2D eigenvalue weighted by atomic mass is 35.5. The Morgan fingerprint density at radius 1 is 1.40 bits per heavy atom. The molecule has 0 radical (unpaired) electrons. The van der Waals surface area contributed by atoms with Crippen LogP contribution >= 0.6 is 11.6 Å². The number of primary amides is 1. The fraction of sp³-hybridized carbons (Fsp3) is 0.385. The Morgan fingerprint density at radius 2 is 2.15 bits per heavy atom. The van der Waals surface area contributed by atoms with Gasteiger partial charge in [0.05, 0.1) is 12.5 Å². The minimum Gasteiger partial charge on any atom is -0.368 e. The first kappa shape index (κ1) is 14.8. The number of nitrogens with two attached hydrogens (primary N) is 1. The summed E-state index contributed by atoms with van der Waals surface area (Å²) >= 11 is 5.87. The van der Waals surface area contributed by atoms with Crippen LogP contribution in [-0.2, 0) is 16.0 Å². The van der Waals surface area contributed by atoms with E-state index in [9.17, 15) is 9.59 Å². The zero-order chi connectivity index (χ0) is 14.7. The summed E-state index contributed by atoms with van der Waals surface area (Å²) in [7, 11) is 0. The molecular formula is C13H17ClN4O2. The normalized spacial score (nSPS) is 25.4. The molecule has 1 aliphatic rings. The third-order valence-electron chi connectivity index (χ3n) is 3.25. The molecule has 0 aliphatic carbocycles. The molecule has 0 aromatic heterocycles. The second-order valence-corrected chi connectivity index (χ2v) is 5.29. The van der Waals surface area contributed by atoms with E-state index in [2.05, 4.69) is 16.2 Å². The fourth-order valence-electron chi connectivity index (χ4n) is 2.22. The molecule has 0 bridgehead atoms. The molecule has 5 N–H and O–H groups in total. The molecule has 3 unspecified atom stereocenters. The molecule has 3 atom stereocenters. The van der Waals surface area contributed by atoms with E-state index in [4.69, 9.17) is 17.3 Å². The Morgan fingerprint density at radius 3 is 2.80 bits per heavy atom. The summed E-state index contributed by atoms with van der Waals surface area (Å²) in [5, 5.41) is 3.41. The average Bonchev–Trinajstić information content (AvgIpc) is 2.71. The van der Waals surface area contributed by atoms with E-state index in [-0.39, 0.29) is 24.4 Å². The highest BCUT2D eigenvalue weighted by molar-refractivity contribution is 6.30. The van der Waals surface area contributed by atoms with Gasteiger partial charge in [-0.25, -0.2) is 5.43 Å². The van der Waals surface area contributed by atoms with E-state index in [0.29, 0.717) is 5.02 Å². The molecule has 7 heteroatoms. The zero-order valence-corrected chi connectivity index (χ0v) is 11.8. The maximum atomic E-state index is 12.0. The number of halogens is 1. The predicted molar refractivity (Wildman–Crippen MR) is 75.8 cm³/mol. The lowest BCUT2D eigenvalue weighted by Crippen LogP contribution is -2.53. The van der Waals surface area contributed by atoms with E-state index in [1.54, 1.807) is 18.2 Å². The summed E-state index contributed by atoms with van der Waals surface area (Å²) in [6.07, 6.45) is 0.204. The number of carbonyl (C=O) groups is 2. The molecular weight excluding hydrogens is 280 g/mol. The first-order chi connectivity index (χ1) is 9.47. The van der Waals surface area contributed by atoms with Gasteiger partial charge in [-0.2, -0.15) is 0 Å². The maximum Gasteiger partial charge on any atom is 0.238 e. The first-order valence-electron chi connectivity index (χ1n) is 6.31. The number of hydrogen-bond acceptors (Lipinski definition) is 4. The molecule has 1 saturated heterocycles. The van der Waals surface area contributed by atoms with Crippen molar-refractivity contribution in [2.45, 2.75) is 31.5 Å². The van der Waals surface area contributed by atoms with Crippen molar-refractivity contribution in [3.05, 3.63) is 34.9 Å². The van der Waals surface area contributed by atoms with Gasteiger partial charge in [0.25, 0.3) is 0 Å². The van der Waals surface area contributed by atoms with E-state index in [1.807, 2.05) is 13.0 Å². The fourth-order valence-corrected chi connectivity index (χ4v) is 2.43. The van der Waals surface area contributed by atoms with Crippen LogP contribution in [0.4, 0.5) is 0 Å². The van der Waals surface area contributed by atoms with Gasteiger partial charge in [0.15, 0.2) is 0 Å². The van der Waals surface area contributed by atoms with E-state index >= 15 is 0 Å². The highest BCUT2D eigenvalue weighted by Crippen LogP contribution is 2.12. The van der Waals surface area contributed by atoms with Crippen LogP contribution in [0.1, 0.15) is 12.5 Å². The van der Waals surface area contributed by atoms with Crippen LogP contribution in [0.2, 0.25) is 5.02 Å². The molecule has 0 saturated carbocycles. The van der Waals surface area contributed by atoms with Crippen LogP contribution in [0.3, 0.4) is 0 Å². The lowest BCUT2D eigenvalue weighted by molar-refractivity contribution is -0.122. The quantitative estimate of drug-likeness (QED) is 0.614. The third kappa shape index (κ3) is 3.47. The summed E-state index contributed by atoms with van der Waals surface area (Å²) < 4.78 is 0. The average molecular weight is 297 g/mol. The first-order valence-corrected chi connectivity index (χ1v) is 6.69. The Balaban J connectivity index is 1.98. The monoisotopic (exact) mass is 296 g/mol. The number of amides is 2. The van der Waals surface area contributed by atoms with Crippen molar-refractivity contribution in [3.63, 3.8) is 0 Å². The molecule has 1 aromatic rings. The van der Waals surface area contributed by atoms with Gasteiger partial charge in [0.1, 0.15) is 6.04 Å². The topological polar surface area (TPSA) is 96.2 Å². The lowest BCUT2D eigenvalue weighted by atomic mass is 10.0. The summed E-state index contributed by atoms with van der Waals surface area (Å²) in [6, 6.07) is 6.02. The number of benzene rings is 1. The van der Waals surface area contributed by atoms with Crippen molar-refractivity contribution in [1.82, 2.24) is 16.2 Å². The number of hydrogen-bond donors (Lipinski definition) is 4. The van der Waals surface area contributed by atoms with E-state index in [0.717, 1.165) is 5.56 Å². The third-order valence-corrected chi connectivity index (χ3v) is 3.49. The largest absolute Gasteiger partial charge is 0.368 e. The second kappa shape index (κ2) is 6.21. The van der Waals surface area contributed by atoms with Crippen LogP contribution in [0.25, 0.3) is 0 Å². The molecule has 1 fully saturated rings. The van der Waals surface area contributed by atoms with Crippen LogP contribution < -0.4 is 21.9 Å². The van der Waals surface area contributed by atoms with Gasteiger partial charge in [-0.1, -0.05) is 23.7 Å². The Hall–Kier alpha value is -1.63. The molecule has 1 aliphatic heterocycles. The van der Waals surface area contributed by atoms with Crippen LogP contribution in [0, 0.1) is 0 Å². The molecule has 108 valence electrons. The van der Waals surface area contributed by atoms with Gasteiger partial charge in [-0.15, -0.1) is 0 Å². The summed E-state index contributed by atoms with van der Waals surface area (Å²) in [5.74, 6) is -0.684. The van der Waals surface area contributed by atoms with Gasteiger partial charge in [-0.3, -0.25) is 15.0 Å². The predicted octanol–water partition coefficient (Wildman–Crippen LogP) is -0.282. The maximum absolute atomic E-state index is 12.0. The SMILES string of the molecule is CC1NNC(C(N)=O)C1NC(=O)Cc1cccc(Cl)c1. The van der Waals surface area contributed by atoms with E-state index in [1.165, 1.54) is 0 Å². The van der Waals surface area contributed by atoms with Crippen molar-refractivity contribution in [3.8, 4) is 0 Å². The summed E-state index contributed by atoms with van der Waals surface area (Å²) in [4.78, 5) is 23.3. The smallest absolute Gasteiger partial charge is 0.238 e. The lowest BCUT2D eigenvalue weighted by Gasteiger charge is -2.20. The van der Waals surface area contributed by atoms with Crippen molar-refractivity contribution in [2.75, 3.05) is 0 Å². The number of hydrazine groups is 1. The van der Waals surface area contributed by atoms with Gasteiger partial charge < -0.3 is 11.1 Å². The molecule has 6 nitrogen and oxygen atoms in total. The number of rotatable bonds is 4. The Bertz CT molecular complexity index is 523. The number of nitrogens with one attached hydrogen (secondary N) is 3.